The van der Waals surface area contributed by atoms with Crippen LogP contribution >= 0.6 is 24.0 Å². The van der Waals surface area contributed by atoms with E-state index in [4.69, 9.17) is 0 Å². The summed E-state index contributed by atoms with van der Waals surface area (Å²) in [5.74, 6) is 0. The lowest BCUT2D eigenvalue weighted by atomic mass is 10.2. The van der Waals surface area contributed by atoms with Crippen molar-refractivity contribution < 1.29 is 0 Å². The summed E-state index contributed by atoms with van der Waals surface area (Å²) in [6.45, 7) is 0. The minimum absolute atomic E-state index is 0. The molecule has 0 unspecified atom stereocenters. The van der Waals surface area contributed by atoms with Crippen LogP contribution in [-0.4, -0.2) is 4.98 Å². The van der Waals surface area contributed by atoms with Gasteiger partial charge in [0.25, 0.3) is 0 Å². The van der Waals surface area contributed by atoms with Gasteiger partial charge in [0.05, 0.1) is 0 Å². The molecule has 0 fully saturated rings. The summed E-state index contributed by atoms with van der Waals surface area (Å²) in [5.41, 5.74) is 0.837. The fourth-order valence-electron chi connectivity index (χ4n) is 1.10. The highest BCUT2D eigenvalue weighted by molar-refractivity contribution is 14.0. The zero-order valence-electron chi connectivity index (χ0n) is 6.28. The maximum atomic E-state index is 10.8. The van der Waals surface area contributed by atoms with Crippen LogP contribution in [0.25, 0.3) is 10.9 Å². The third-order valence-corrected chi connectivity index (χ3v) is 1.63. The van der Waals surface area contributed by atoms with Crippen molar-refractivity contribution in [1.82, 2.24) is 4.98 Å². The molecule has 0 bridgehead atoms. The molecule has 0 aliphatic heterocycles. The van der Waals surface area contributed by atoms with Crippen molar-refractivity contribution in [3.05, 3.63) is 46.8 Å². The minimum Gasteiger partial charge on any atom is -0.322 e. The van der Waals surface area contributed by atoms with E-state index < -0.39 is 0 Å². The summed E-state index contributed by atoms with van der Waals surface area (Å²) in [4.78, 5) is 13.6. The van der Waals surface area contributed by atoms with Gasteiger partial charge in [0, 0.05) is 11.6 Å². The number of benzene rings is 1. The van der Waals surface area contributed by atoms with Crippen LogP contribution in [0.4, 0.5) is 0 Å². The van der Waals surface area contributed by atoms with Gasteiger partial charge in [-0.1, -0.05) is 18.2 Å². The molecule has 0 amide bonds. The molecule has 0 spiro atoms. The van der Waals surface area contributed by atoms with E-state index >= 15 is 0 Å². The maximum Gasteiger partial charge on any atom is 0.248 e. The van der Waals surface area contributed by atoms with E-state index in [1.54, 1.807) is 0 Å². The third kappa shape index (κ3) is 1.66. The number of para-hydroxylation sites is 1. The number of fused-ring (bicyclic) bond motifs is 1. The number of hydrogen-bond donors (Lipinski definition) is 1. The first-order valence-electron chi connectivity index (χ1n) is 3.44. The standard InChI is InChI=1S/C9H7NO.HI/c11-9-6-5-7-3-1-2-4-8(7)10-9;/h1-6H,(H,10,11);1H. The molecule has 1 aromatic heterocycles. The predicted molar refractivity (Wildman–Crippen MR) is 60.0 cm³/mol. The Balaban J connectivity index is 0.000000720. The van der Waals surface area contributed by atoms with Crippen LogP contribution in [-0.2, 0) is 0 Å². The molecule has 2 nitrogen and oxygen atoms in total. The van der Waals surface area contributed by atoms with Gasteiger partial charge in [0.2, 0.25) is 5.56 Å². The highest BCUT2D eigenvalue weighted by atomic mass is 127. The smallest absolute Gasteiger partial charge is 0.248 e. The van der Waals surface area contributed by atoms with E-state index in [0.717, 1.165) is 10.9 Å². The topological polar surface area (TPSA) is 32.9 Å². The van der Waals surface area contributed by atoms with Gasteiger partial charge in [-0.15, -0.1) is 24.0 Å². The van der Waals surface area contributed by atoms with Crippen LogP contribution in [0.1, 0.15) is 0 Å². The van der Waals surface area contributed by atoms with Crippen LogP contribution in [0.5, 0.6) is 0 Å². The van der Waals surface area contributed by atoms with Crippen LogP contribution < -0.4 is 5.56 Å². The molecule has 0 radical (unpaired) electrons. The number of rotatable bonds is 0. The molecular formula is C9H8INO. The lowest BCUT2D eigenvalue weighted by Crippen LogP contribution is -2.01. The summed E-state index contributed by atoms with van der Waals surface area (Å²) in [5, 5.41) is 1.06. The van der Waals surface area contributed by atoms with Crippen molar-refractivity contribution in [1.29, 1.82) is 0 Å². The summed E-state index contributed by atoms with van der Waals surface area (Å²) in [6.07, 6.45) is 0. The molecule has 0 atom stereocenters. The Bertz CT molecular complexity index is 435. The molecule has 3 heteroatoms. The largest absolute Gasteiger partial charge is 0.322 e. The van der Waals surface area contributed by atoms with E-state index in [2.05, 4.69) is 4.98 Å². The molecule has 12 heavy (non-hydrogen) atoms. The molecule has 1 heterocycles. The zero-order chi connectivity index (χ0) is 7.68. The van der Waals surface area contributed by atoms with Crippen LogP contribution in [0, 0.1) is 0 Å². The van der Waals surface area contributed by atoms with E-state index in [1.165, 1.54) is 6.07 Å². The predicted octanol–water partition coefficient (Wildman–Crippen LogP) is 2.15. The molecule has 0 saturated heterocycles. The SMILES string of the molecule is I.O=c1ccc2ccccc2[nH]1. The average molecular weight is 273 g/mol. The lowest BCUT2D eigenvalue weighted by molar-refractivity contribution is 1.31. The van der Waals surface area contributed by atoms with Crippen molar-refractivity contribution in [2.45, 2.75) is 0 Å². The number of aromatic amines is 1. The normalized spacial score (nSPS) is 9.33. The Kier molecular flexibility index (Phi) is 2.86. The highest BCUT2D eigenvalue weighted by Gasteiger charge is 1.89. The average Bonchev–Trinajstić information content (AvgIpc) is 2.04. The second-order valence-corrected chi connectivity index (χ2v) is 2.41. The summed E-state index contributed by atoms with van der Waals surface area (Å²) < 4.78 is 0. The Hall–Kier alpha value is -0.840. The van der Waals surface area contributed by atoms with Crippen LogP contribution in [0.3, 0.4) is 0 Å². The molecule has 2 aromatic rings. The zero-order valence-corrected chi connectivity index (χ0v) is 8.61. The third-order valence-electron chi connectivity index (χ3n) is 1.63. The van der Waals surface area contributed by atoms with Gasteiger partial charge in [-0.2, -0.15) is 0 Å². The fourth-order valence-corrected chi connectivity index (χ4v) is 1.10. The molecule has 62 valence electrons. The van der Waals surface area contributed by atoms with Gasteiger partial charge >= 0.3 is 0 Å². The van der Waals surface area contributed by atoms with Crippen molar-refractivity contribution >= 4 is 34.9 Å². The molecule has 1 aromatic carbocycles. The molecule has 0 aliphatic carbocycles. The maximum absolute atomic E-state index is 10.8. The Morgan fingerprint density at radius 2 is 1.75 bits per heavy atom. The van der Waals surface area contributed by atoms with E-state index in [0.29, 0.717) is 0 Å². The minimum atomic E-state index is -0.0521. The van der Waals surface area contributed by atoms with Crippen LogP contribution in [0.2, 0.25) is 0 Å². The number of pyridine rings is 1. The Morgan fingerprint density at radius 1 is 1.00 bits per heavy atom. The highest BCUT2D eigenvalue weighted by Crippen LogP contribution is 2.06. The second kappa shape index (κ2) is 3.71. The molecule has 2 rings (SSSR count). The lowest BCUT2D eigenvalue weighted by Gasteiger charge is -1.93. The monoisotopic (exact) mass is 273 g/mol. The molecule has 0 saturated carbocycles. The summed E-state index contributed by atoms with van der Waals surface area (Å²) in [6, 6.07) is 11.0. The van der Waals surface area contributed by atoms with E-state index in [1.807, 2.05) is 30.3 Å². The fraction of sp³-hybridized carbons (Fsp3) is 0. The van der Waals surface area contributed by atoms with Gasteiger partial charge < -0.3 is 4.98 Å². The molecule has 0 aliphatic rings. The summed E-state index contributed by atoms with van der Waals surface area (Å²) >= 11 is 0. The number of H-pyrrole nitrogens is 1. The van der Waals surface area contributed by atoms with E-state index in [9.17, 15) is 4.79 Å². The number of aromatic nitrogens is 1. The Labute approximate surface area is 86.6 Å². The van der Waals surface area contributed by atoms with E-state index in [-0.39, 0.29) is 29.5 Å². The van der Waals surface area contributed by atoms with Gasteiger partial charge in [0.15, 0.2) is 0 Å². The van der Waals surface area contributed by atoms with Gasteiger partial charge in [-0.25, -0.2) is 0 Å². The van der Waals surface area contributed by atoms with Crippen LogP contribution in [0.15, 0.2) is 41.2 Å². The van der Waals surface area contributed by atoms with Gasteiger partial charge in [-0.3, -0.25) is 4.79 Å². The summed E-state index contributed by atoms with van der Waals surface area (Å²) in [7, 11) is 0. The number of halogens is 1. The first-order chi connectivity index (χ1) is 5.36. The number of nitrogens with one attached hydrogen (secondary N) is 1. The molecular weight excluding hydrogens is 265 g/mol. The number of hydrogen-bond acceptors (Lipinski definition) is 1. The second-order valence-electron chi connectivity index (χ2n) is 2.41. The van der Waals surface area contributed by atoms with Crippen molar-refractivity contribution in [2.75, 3.05) is 0 Å². The van der Waals surface area contributed by atoms with Crippen molar-refractivity contribution in [2.24, 2.45) is 0 Å². The molecule has 1 N–H and O–H groups in total. The van der Waals surface area contributed by atoms with Gasteiger partial charge in [0.1, 0.15) is 0 Å². The van der Waals surface area contributed by atoms with Gasteiger partial charge in [-0.05, 0) is 17.5 Å². The quantitative estimate of drug-likeness (QED) is 0.733. The first-order valence-corrected chi connectivity index (χ1v) is 3.44. The Morgan fingerprint density at radius 3 is 2.58 bits per heavy atom. The van der Waals surface area contributed by atoms with Crippen molar-refractivity contribution in [3.8, 4) is 0 Å². The first kappa shape index (κ1) is 9.25. The van der Waals surface area contributed by atoms with Crippen molar-refractivity contribution in [3.63, 3.8) is 0 Å².